The first kappa shape index (κ1) is 14.5. The summed E-state index contributed by atoms with van der Waals surface area (Å²) in [5.41, 5.74) is 0.765. The molecule has 2 atom stereocenters. The number of nitrogens with zero attached hydrogens (tertiary/aromatic N) is 2. The molecule has 1 saturated heterocycles. The molecule has 0 saturated carbocycles. The molecule has 7 heteroatoms. The van der Waals surface area contributed by atoms with Crippen molar-refractivity contribution in [1.82, 2.24) is 15.1 Å². The van der Waals surface area contributed by atoms with Crippen LogP contribution in [0, 0.1) is 19.3 Å². The van der Waals surface area contributed by atoms with Crippen LogP contribution in [0.2, 0.25) is 0 Å². The van der Waals surface area contributed by atoms with Crippen LogP contribution in [0.5, 0.6) is 0 Å². The van der Waals surface area contributed by atoms with E-state index in [4.69, 9.17) is 4.74 Å². The van der Waals surface area contributed by atoms with Crippen molar-refractivity contribution in [1.29, 1.82) is 0 Å². The molecule has 20 heavy (non-hydrogen) atoms. The van der Waals surface area contributed by atoms with Gasteiger partial charge in [0.05, 0.1) is 30.5 Å². The van der Waals surface area contributed by atoms with E-state index in [1.54, 1.807) is 32.5 Å². The van der Waals surface area contributed by atoms with Crippen LogP contribution in [0.4, 0.5) is 0 Å². The second kappa shape index (κ2) is 4.90. The van der Waals surface area contributed by atoms with Gasteiger partial charge in [0.2, 0.25) is 0 Å². The molecule has 0 radical (unpaired) electrons. The number of carbonyl (C=O) groups excluding carboxylic acids is 1. The lowest BCUT2D eigenvalue weighted by Crippen LogP contribution is -2.49. The van der Waals surface area contributed by atoms with Gasteiger partial charge < -0.3 is 15.2 Å². The molecular weight excluding hydrogens is 262 g/mol. The molecule has 0 aromatic carbocycles. The zero-order valence-corrected chi connectivity index (χ0v) is 12.1. The van der Waals surface area contributed by atoms with Crippen molar-refractivity contribution in [2.75, 3.05) is 13.2 Å². The maximum Gasteiger partial charge on any atom is 0.313 e. The number of carboxylic acid groups (broad SMARTS) is 1. The number of hydrogen-bond acceptors (Lipinski definition) is 4. The van der Waals surface area contributed by atoms with Gasteiger partial charge in [0, 0.05) is 12.7 Å². The summed E-state index contributed by atoms with van der Waals surface area (Å²) in [5, 5.41) is 16.2. The molecule has 110 valence electrons. The van der Waals surface area contributed by atoms with E-state index in [2.05, 4.69) is 10.4 Å². The van der Waals surface area contributed by atoms with Gasteiger partial charge in [-0.1, -0.05) is 0 Å². The minimum absolute atomic E-state index is 0.0955. The highest BCUT2D eigenvalue weighted by molar-refractivity contribution is 5.97. The van der Waals surface area contributed by atoms with Crippen LogP contribution in [-0.2, 0) is 16.6 Å². The average Bonchev–Trinajstić information content (AvgIpc) is 2.83. The third kappa shape index (κ3) is 2.18. The van der Waals surface area contributed by atoms with E-state index in [1.165, 1.54) is 0 Å². The van der Waals surface area contributed by atoms with Gasteiger partial charge in [0.1, 0.15) is 5.41 Å². The zero-order valence-electron chi connectivity index (χ0n) is 12.1. The maximum atomic E-state index is 12.4. The van der Waals surface area contributed by atoms with Gasteiger partial charge in [-0.3, -0.25) is 14.3 Å². The van der Waals surface area contributed by atoms with Crippen LogP contribution < -0.4 is 5.32 Å². The van der Waals surface area contributed by atoms with Crippen molar-refractivity contribution in [3.63, 3.8) is 0 Å². The Morgan fingerprint density at radius 3 is 2.65 bits per heavy atom. The highest BCUT2D eigenvalue weighted by Gasteiger charge is 2.47. The van der Waals surface area contributed by atoms with E-state index < -0.39 is 17.4 Å². The number of ether oxygens (including phenoxy) is 1. The summed E-state index contributed by atoms with van der Waals surface area (Å²) in [6.07, 6.45) is 0. The number of amides is 1. The molecule has 0 bridgehead atoms. The third-order valence-corrected chi connectivity index (χ3v) is 3.99. The molecule has 1 aliphatic heterocycles. The van der Waals surface area contributed by atoms with Crippen molar-refractivity contribution in [3.8, 4) is 0 Å². The lowest BCUT2D eigenvalue weighted by Gasteiger charge is -2.25. The second-order valence-electron chi connectivity index (χ2n) is 5.43. The first-order valence-electron chi connectivity index (χ1n) is 6.39. The van der Waals surface area contributed by atoms with E-state index in [0.717, 1.165) is 5.69 Å². The summed E-state index contributed by atoms with van der Waals surface area (Å²) < 4.78 is 6.85. The van der Waals surface area contributed by atoms with Crippen LogP contribution >= 0.6 is 0 Å². The predicted octanol–water partition coefficient (Wildman–Crippen LogP) is 0.256. The Kier molecular flexibility index (Phi) is 3.56. The SMILES string of the molecule is Cc1nn(C)c(C)c1C(=O)NC1COCC1(C)C(=O)O. The number of nitrogens with one attached hydrogen (secondary N) is 1. The number of rotatable bonds is 3. The highest BCUT2D eigenvalue weighted by Crippen LogP contribution is 2.29. The van der Waals surface area contributed by atoms with Gasteiger partial charge in [-0.2, -0.15) is 5.10 Å². The molecule has 0 aliphatic carbocycles. The Balaban J connectivity index is 2.22. The number of carboxylic acids is 1. The smallest absolute Gasteiger partial charge is 0.313 e. The summed E-state index contributed by atoms with van der Waals surface area (Å²) in [5.74, 6) is -1.28. The van der Waals surface area contributed by atoms with Crippen molar-refractivity contribution in [2.24, 2.45) is 12.5 Å². The van der Waals surface area contributed by atoms with Crippen molar-refractivity contribution < 1.29 is 19.4 Å². The number of aliphatic carboxylic acids is 1. The van der Waals surface area contributed by atoms with Crippen LogP contribution in [0.3, 0.4) is 0 Å². The molecule has 1 aromatic rings. The van der Waals surface area contributed by atoms with Gasteiger partial charge in [-0.15, -0.1) is 0 Å². The summed E-state index contributed by atoms with van der Waals surface area (Å²) in [6, 6.07) is -0.550. The molecule has 1 aliphatic rings. The lowest BCUT2D eigenvalue weighted by molar-refractivity contribution is -0.148. The summed E-state index contributed by atoms with van der Waals surface area (Å²) >= 11 is 0. The van der Waals surface area contributed by atoms with Crippen LogP contribution in [0.25, 0.3) is 0 Å². The largest absolute Gasteiger partial charge is 0.481 e. The number of hydrogen-bond donors (Lipinski definition) is 2. The van der Waals surface area contributed by atoms with E-state index >= 15 is 0 Å². The van der Waals surface area contributed by atoms with Crippen LogP contribution in [0.15, 0.2) is 0 Å². The third-order valence-electron chi connectivity index (χ3n) is 3.99. The van der Waals surface area contributed by atoms with Crippen LogP contribution in [-0.4, -0.2) is 46.0 Å². The Morgan fingerprint density at radius 1 is 1.50 bits per heavy atom. The zero-order chi connectivity index (χ0) is 15.1. The first-order chi connectivity index (χ1) is 9.27. The average molecular weight is 281 g/mol. The van der Waals surface area contributed by atoms with E-state index in [0.29, 0.717) is 11.3 Å². The predicted molar refractivity (Wildman–Crippen MR) is 70.5 cm³/mol. The number of carbonyl (C=O) groups is 2. The minimum Gasteiger partial charge on any atom is -0.481 e. The Hall–Kier alpha value is -1.89. The summed E-state index contributed by atoms with van der Waals surface area (Å²) in [6.45, 7) is 5.43. The molecule has 1 aromatic heterocycles. The maximum absolute atomic E-state index is 12.4. The molecule has 2 unspecified atom stereocenters. The van der Waals surface area contributed by atoms with Crippen molar-refractivity contribution in [2.45, 2.75) is 26.8 Å². The summed E-state index contributed by atoms with van der Waals surface area (Å²) in [4.78, 5) is 23.7. The fourth-order valence-electron chi connectivity index (χ4n) is 2.42. The van der Waals surface area contributed by atoms with Gasteiger partial charge in [0.25, 0.3) is 5.91 Å². The lowest BCUT2D eigenvalue weighted by atomic mass is 9.85. The van der Waals surface area contributed by atoms with Gasteiger partial charge >= 0.3 is 5.97 Å². The standard InChI is InChI=1S/C13H19N3O4/c1-7-10(8(2)16(4)15-7)11(17)14-9-5-20-6-13(9,3)12(18)19/h9H,5-6H2,1-4H3,(H,14,17)(H,18,19). The highest BCUT2D eigenvalue weighted by atomic mass is 16.5. The fourth-order valence-corrected chi connectivity index (χ4v) is 2.42. The quantitative estimate of drug-likeness (QED) is 0.828. The van der Waals surface area contributed by atoms with Crippen molar-refractivity contribution in [3.05, 3.63) is 17.0 Å². The first-order valence-corrected chi connectivity index (χ1v) is 6.39. The van der Waals surface area contributed by atoms with Gasteiger partial charge in [-0.05, 0) is 20.8 Å². The normalized spacial score (nSPS) is 25.7. The molecule has 2 N–H and O–H groups in total. The number of aryl methyl sites for hydroxylation is 2. The molecule has 0 spiro atoms. The summed E-state index contributed by atoms with van der Waals surface area (Å²) in [7, 11) is 1.76. The molecular formula is C13H19N3O4. The Morgan fingerprint density at radius 2 is 2.15 bits per heavy atom. The Labute approximate surface area is 116 Å². The molecule has 7 nitrogen and oxygen atoms in total. The van der Waals surface area contributed by atoms with E-state index in [1.807, 2.05) is 0 Å². The van der Waals surface area contributed by atoms with E-state index in [-0.39, 0.29) is 19.1 Å². The number of aromatic nitrogens is 2. The second-order valence-corrected chi connectivity index (χ2v) is 5.43. The fraction of sp³-hybridized carbons (Fsp3) is 0.615. The minimum atomic E-state index is -1.10. The topological polar surface area (TPSA) is 93.5 Å². The molecule has 2 rings (SSSR count). The molecule has 1 fully saturated rings. The molecule has 1 amide bonds. The van der Waals surface area contributed by atoms with Crippen LogP contribution in [0.1, 0.15) is 28.7 Å². The van der Waals surface area contributed by atoms with Gasteiger partial charge in [0.15, 0.2) is 0 Å². The monoisotopic (exact) mass is 281 g/mol. The van der Waals surface area contributed by atoms with Crippen molar-refractivity contribution >= 4 is 11.9 Å². The van der Waals surface area contributed by atoms with Gasteiger partial charge in [-0.25, -0.2) is 0 Å². The van der Waals surface area contributed by atoms with E-state index in [9.17, 15) is 14.7 Å². The Bertz CT molecular complexity index is 566. The molecule has 2 heterocycles.